The van der Waals surface area contributed by atoms with Crippen LogP contribution in [0.3, 0.4) is 0 Å². The highest BCUT2D eigenvalue weighted by Gasteiger charge is 2.30. The van der Waals surface area contributed by atoms with Gasteiger partial charge >= 0.3 is 39.5 Å². The third-order valence-corrected chi connectivity index (χ3v) is 19.6. The molecule has 0 amide bonds. The second kappa shape index (κ2) is 65.7. The van der Waals surface area contributed by atoms with Gasteiger partial charge in [-0.15, -0.1) is 0 Å². The second-order valence-electron chi connectivity index (χ2n) is 28.2. The topological polar surface area (TPSA) is 237 Å². The lowest BCUT2D eigenvalue weighted by atomic mass is 9.99. The van der Waals surface area contributed by atoms with Crippen molar-refractivity contribution >= 4 is 39.5 Å². The minimum atomic E-state index is -4.96. The van der Waals surface area contributed by atoms with Crippen LogP contribution in [0.5, 0.6) is 0 Å². The molecule has 94 heavy (non-hydrogen) atoms. The zero-order valence-corrected chi connectivity index (χ0v) is 63.2. The molecule has 0 aromatic carbocycles. The number of esters is 4. The molecule has 0 radical (unpaired) electrons. The summed E-state index contributed by atoms with van der Waals surface area (Å²) in [6.45, 7) is 11.8. The molecule has 19 heteroatoms. The van der Waals surface area contributed by atoms with Gasteiger partial charge in [-0.05, 0) is 43.4 Å². The van der Waals surface area contributed by atoms with Crippen molar-refractivity contribution in [2.45, 2.75) is 401 Å². The van der Waals surface area contributed by atoms with Crippen LogP contribution in [0.4, 0.5) is 0 Å². The van der Waals surface area contributed by atoms with E-state index in [0.717, 1.165) is 108 Å². The van der Waals surface area contributed by atoms with Crippen LogP contribution in [0.15, 0.2) is 0 Å². The van der Waals surface area contributed by atoms with Crippen molar-refractivity contribution in [3.8, 4) is 0 Å². The molecule has 3 unspecified atom stereocenters. The number of ether oxygens (including phenoxy) is 4. The van der Waals surface area contributed by atoms with Crippen molar-refractivity contribution < 1.29 is 80.2 Å². The molecular formula is C75H146O17P2. The highest BCUT2D eigenvalue weighted by Crippen LogP contribution is 2.45. The molecular weight excluding hydrogens is 1230 g/mol. The quantitative estimate of drug-likeness (QED) is 0.0222. The first-order valence-corrected chi connectivity index (χ1v) is 41.9. The Balaban J connectivity index is 5.16. The van der Waals surface area contributed by atoms with Gasteiger partial charge in [0, 0.05) is 25.7 Å². The number of rotatable bonds is 73. The summed E-state index contributed by atoms with van der Waals surface area (Å²) in [5.74, 6) is 0.145. The summed E-state index contributed by atoms with van der Waals surface area (Å²) in [4.78, 5) is 72.6. The van der Waals surface area contributed by atoms with Gasteiger partial charge in [0.15, 0.2) is 12.2 Å². The van der Waals surface area contributed by atoms with E-state index in [1.807, 2.05) is 0 Å². The Hall–Kier alpha value is -1.94. The lowest BCUT2D eigenvalue weighted by molar-refractivity contribution is -0.161. The normalized spacial score (nSPS) is 14.4. The Labute approximate surface area is 575 Å². The fourth-order valence-corrected chi connectivity index (χ4v) is 13.0. The van der Waals surface area contributed by atoms with Crippen LogP contribution in [0.25, 0.3) is 0 Å². The summed E-state index contributed by atoms with van der Waals surface area (Å²) in [6, 6.07) is 0. The average Bonchev–Trinajstić information content (AvgIpc) is 2.00. The first-order valence-electron chi connectivity index (χ1n) is 38.9. The molecule has 0 aliphatic carbocycles. The van der Waals surface area contributed by atoms with Crippen molar-refractivity contribution in [2.75, 3.05) is 39.6 Å². The number of phosphoric acid groups is 2. The average molecular weight is 1380 g/mol. The van der Waals surface area contributed by atoms with Gasteiger partial charge in [0.1, 0.15) is 19.3 Å². The third-order valence-electron chi connectivity index (χ3n) is 17.7. The summed E-state index contributed by atoms with van der Waals surface area (Å²) < 4.78 is 68.4. The van der Waals surface area contributed by atoms with Crippen LogP contribution in [0.2, 0.25) is 0 Å². The summed E-state index contributed by atoms with van der Waals surface area (Å²) >= 11 is 0. The van der Waals surface area contributed by atoms with Crippen molar-refractivity contribution in [3.05, 3.63) is 0 Å². The molecule has 0 aromatic rings. The van der Waals surface area contributed by atoms with Crippen LogP contribution < -0.4 is 0 Å². The molecule has 0 aromatic heterocycles. The first kappa shape index (κ1) is 92.1. The predicted octanol–water partition coefficient (Wildman–Crippen LogP) is 21.8. The van der Waals surface area contributed by atoms with Crippen LogP contribution in [-0.4, -0.2) is 96.7 Å². The SMILES string of the molecule is CCCCCCCCCCCCCCC(=O)OC[C@H](COP(=O)(O)OC[C@@H](O)COP(=O)(O)OC[C@@H](COC(=O)CCCCCCCCC(C)C)OC(=O)CCCCCCCCCCC(C)C)OC(=O)CCCCCCCCCCCCCCCCCCCCC(C)CC. The van der Waals surface area contributed by atoms with Gasteiger partial charge in [0.2, 0.25) is 0 Å². The van der Waals surface area contributed by atoms with Crippen LogP contribution in [-0.2, 0) is 65.4 Å². The van der Waals surface area contributed by atoms with Crippen molar-refractivity contribution in [2.24, 2.45) is 17.8 Å². The van der Waals surface area contributed by atoms with Gasteiger partial charge < -0.3 is 33.8 Å². The fourth-order valence-electron chi connectivity index (χ4n) is 11.4. The number of hydrogen-bond acceptors (Lipinski definition) is 15. The highest BCUT2D eigenvalue weighted by molar-refractivity contribution is 7.47. The highest BCUT2D eigenvalue weighted by atomic mass is 31.2. The van der Waals surface area contributed by atoms with E-state index in [1.165, 1.54) is 186 Å². The van der Waals surface area contributed by atoms with E-state index in [9.17, 15) is 43.2 Å². The van der Waals surface area contributed by atoms with E-state index in [2.05, 4.69) is 48.5 Å². The van der Waals surface area contributed by atoms with Gasteiger partial charge in [-0.3, -0.25) is 37.3 Å². The summed E-state index contributed by atoms with van der Waals surface area (Å²) in [6.07, 6.45) is 51.6. The zero-order chi connectivity index (χ0) is 69.4. The summed E-state index contributed by atoms with van der Waals surface area (Å²) in [5.41, 5.74) is 0. The Morgan fingerprint density at radius 3 is 0.809 bits per heavy atom. The second-order valence-corrected chi connectivity index (χ2v) is 31.1. The Kier molecular flexibility index (Phi) is 64.3. The molecule has 558 valence electrons. The molecule has 0 rings (SSSR count). The van der Waals surface area contributed by atoms with Gasteiger partial charge in [-0.25, -0.2) is 9.13 Å². The van der Waals surface area contributed by atoms with Crippen LogP contribution in [0.1, 0.15) is 382 Å². The number of aliphatic hydroxyl groups excluding tert-OH is 1. The Bertz CT molecular complexity index is 1840. The van der Waals surface area contributed by atoms with Gasteiger partial charge in [0.25, 0.3) is 0 Å². The monoisotopic (exact) mass is 1380 g/mol. The van der Waals surface area contributed by atoms with Gasteiger partial charge in [0.05, 0.1) is 26.4 Å². The maximum atomic E-state index is 13.1. The smallest absolute Gasteiger partial charge is 0.462 e. The molecule has 0 spiro atoms. The van der Waals surface area contributed by atoms with Gasteiger partial charge in [-0.2, -0.15) is 0 Å². The minimum absolute atomic E-state index is 0.103. The van der Waals surface area contributed by atoms with Crippen LogP contribution >= 0.6 is 15.6 Å². The number of carbonyl (C=O) groups excluding carboxylic acids is 4. The number of unbranched alkanes of at least 4 members (excludes halogenated alkanes) is 40. The van der Waals surface area contributed by atoms with Crippen molar-refractivity contribution in [1.29, 1.82) is 0 Å². The van der Waals surface area contributed by atoms with E-state index >= 15 is 0 Å². The number of carbonyl (C=O) groups is 4. The molecule has 0 heterocycles. The molecule has 0 saturated heterocycles. The molecule has 17 nitrogen and oxygen atoms in total. The Morgan fingerprint density at radius 2 is 0.543 bits per heavy atom. The standard InChI is InChI=1S/C75H146O17P2/c1-8-10-11-12-13-14-15-25-28-34-42-49-56-72(77)85-62-70(91-74(79)58-51-44-35-29-26-23-21-19-17-16-18-20-22-24-27-33-41-48-55-68(7)9-2)64-89-93(81,82)87-60-69(76)61-88-94(83,84)90-65-71(63-86-73(78)57-50-43-38-37-40-47-54-67(5)6)92-75(80)59-52-45-36-31-30-32-39-46-53-66(3)4/h66-71,76H,8-65H2,1-7H3,(H,81,82)(H,83,84)/t68?,69-,70-,71-/m1/s1. The number of phosphoric ester groups is 2. The maximum Gasteiger partial charge on any atom is 0.472 e. The number of hydrogen-bond donors (Lipinski definition) is 3. The van der Waals surface area contributed by atoms with Crippen molar-refractivity contribution in [3.63, 3.8) is 0 Å². The lowest BCUT2D eigenvalue weighted by Crippen LogP contribution is -2.30. The van der Waals surface area contributed by atoms with Crippen molar-refractivity contribution in [1.82, 2.24) is 0 Å². The zero-order valence-electron chi connectivity index (χ0n) is 61.4. The van der Waals surface area contributed by atoms with E-state index in [-0.39, 0.29) is 25.7 Å². The fraction of sp³-hybridized carbons (Fsp3) is 0.947. The molecule has 6 atom stereocenters. The largest absolute Gasteiger partial charge is 0.472 e. The van der Waals surface area contributed by atoms with E-state index in [0.29, 0.717) is 31.6 Å². The lowest BCUT2D eigenvalue weighted by Gasteiger charge is -2.21. The summed E-state index contributed by atoms with van der Waals surface area (Å²) in [7, 11) is -9.91. The third kappa shape index (κ3) is 67.3. The predicted molar refractivity (Wildman–Crippen MR) is 381 cm³/mol. The molecule has 0 saturated carbocycles. The summed E-state index contributed by atoms with van der Waals surface area (Å²) in [5, 5.41) is 10.6. The van der Waals surface area contributed by atoms with E-state index in [1.54, 1.807) is 0 Å². The molecule has 0 aliphatic heterocycles. The first-order chi connectivity index (χ1) is 45.3. The maximum absolute atomic E-state index is 13.1. The molecule has 0 fully saturated rings. The minimum Gasteiger partial charge on any atom is -0.462 e. The van der Waals surface area contributed by atoms with Gasteiger partial charge in [-0.1, -0.05) is 331 Å². The molecule has 0 aliphatic rings. The van der Waals surface area contributed by atoms with E-state index < -0.39 is 97.5 Å². The van der Waals surface area contributed by atoms with E-state index in [4.69, 9.17) is 37.0 Å². The number of aliphatic hydroxyl groups is 1. The van der Waals surface area contributed by atoms with Crippen LogP contribution in [0, 0.1) is 17.8 Å². The molecule has 3 N–H and O–H groups in total. The molecule has 0 bridgehead atoms. The Morgan fingerprint density at radius 1 is 0.309 bits per heavy atom.